The molecule has 0 radical (unpaired) electrons. The SMILES string of the molecule is CCN(CC)C(=O)COc1cnn(C(C)C)c1. The fourth-order valence-corrected chi connectivity index (χ4v) is 1.49. The van der Waals surface area contributed by atoms with Gasteiger partial charge in [-0.3, -0.25) is 9.48 Å². The van der Waals surface area contributed by atoms with Gasteiger partial charge in [-0.25, -0.2) is 0 Å². The third-order valence-corrected chi connectivity index (χ3v) is 2.59. The number of rotatable bonds is 6. The van der Waals surface area contributed by atoms with Gasteiger partial charge in [-0.1, -0.05) is 0 Å². The quantitative estimate of drug-likeness (QED) is 0.759. The lowest BCUT2D eigenvalue weighted by atomic mass is 10.4. The van der Waals surface area contributed by atoms with Crippen LogP contribution in [0.15, 0.2) is 12.4 Å². The Morgan fingerprint density at radius 2 is 2.12 bits per heavy atom. The maximum Gasteiger partial charge on any atom is 0.260 e. The van der Waals surface area contributed by atoms with Gasteiger partial charge in [0.05, 0.1) is 12.4 Å². The third kappa shape index (κ3) is 3.76. The number of nitrogens with zero attached hydrogens (tertiary/aromatic N) is 3. The van der Waals surface area contributed by atoms with E-state index in [1.165, 1.54) is 0 Å². The molecule has 0 aliphatic rings. The first kappa shape index (κ1) is 13.5. The van der Waals surface area contributed by atoms with Crippen LogP contribution in [-0.2, 0) is 4.79 Å². The van der Waals surface area contributed by atoms with Gasteiger partial charge in [-0.05, 0) is 27.7 Å². The number of ether oxygens (including phenoxy) is 1. The van der Waals surface area contributed by atoms with Gasteiger partial charge in [-0.15, -0.1) is 0 Å². The van der Waals surface area contributed by atoms with Gasteiger partial charge in [0.25, 0.3) is 5.91 Å². The number of carbonyl (C=O) groups excluding carboxylic acids is 1. The molecule has 17 heavy (non-hydrogen) atoms. The van der Waals surface area contributed by atoms with Crippen LogP contribution in [0, 0.1) is 0 Å². The van der Waals surface area contributed by atoms with Crippen LogP contribution >= 0.6 is 0 Å². The lowest BCUT2D eigenvalue weighted by molar-refractivity contribution is -0.132. The van der Waals surface area contributed by atoms with Gasteiger partial charge in [0, 0.05) is 19.1 Å². The Kier molecular flexibility index (Phi) is 5.00. The van der Waals surface area contributed by atoms with Crippen molar-refractivity contribution in [2.24, 2.45) is 0 Å². The summed E-state index contributed by atoms with van der Waals surface area (Å²) in [6.07, 6.45) is 3.44. The Labute approximate surface area is 102 Å². The molecule has 0 spiro atoms. The van der Waals surface area contributed by atoms with E-state index in [9.17, 15) is 4.79 Å². The average Bonchev–Trinajstić information content (AvgIpc) is 2.76. The molecule has 0 N–H and O–H groups in total. The molecule has 0 atom stereocenters. The predicted molar refractivity (Wildman–Crippen MR) is 66.0 cm³/mol. The number of carbonyl (C=O) groups is 1. The molecule has 0 aliphatic carbocycles. The van der Waals surface area contributed by atoms with Crippen LogP contribution in [-0.4, -0.2) is 40.3 Å². The van der Waals surface area contributed by atoms with Crippen molar-refractivity contribution in [1.82, 2.24) is 14.7 Å². The molecule has 96 valence electrons. The van der Waals surface area contributed by atoms with Crippen molar-refractivity contribution in [1.29, 1.82) is 0 Å². The van der Waals surface area contributed by atoms with Crippen molar-refractivity contribution in [3.63, 3.8) is 0 Å². The Bertz CT molecular complexity index is 356. The fourth-order valence-electron chi connectivity index (χ4n) is 1.49. The van der Waals surface area contributed by atoms with Crippen LogP contribution in [0.3, 0.4) is 0 Å². The molecular weight excluding hydrogens is 218 g/mol. The molecule has 0 fully saturated rings. The second kappa shape index (κ2) is 6.27. The zero-order valence-corrected chi connectivity index (χ0v) is 11.0. The summed E-state index contributed by atoms with van der Waals surface area (Å²) in [5.41, 5.74) is 0. The zero-order chi connectivity index (χ0) is 12.8. The minimum atomic E-state index is 0.00676. The van der Waals surface area contributed by atoms with Crippen molar-refractivity contribution in [3.8, 4) is 5.75 Å². The van der Waals surface area contributed by atoms with Crippen molar-refractivity contribution in [3.05, 3.63) is 12.4 Å². The summed E-state index contributed by atoms with van der Waals surface area (Å²) in [7, 11) is 0. The smallest absolute Gasteiger partial charge is 0.260 e. The molecule has 1 heterocycles. The van der Waals surface area contributed by atoms with E-state index < -0.39 is 0 Å². The summed E-state index contributed by atoms with van der Waals surface area (Å²) >= 11 is 0. The van der Waals surface area contributed by atoms with Gasteiger partial charge >= 0.3 is 0 Å². The van der Waals surface area contributed by atoms with Gasteiger partial charge in [0.15, 0.2) is 12.4 Å². The van der Waals surface area contributed by atoms with E-state index in [0.29, 0.717) is 24.9 Å². The Balaban J connectivity index is 2.47. The van der Waals surface area contributed by atoms with Crippen LogP contribution in [0.4, 0.5) is 0 Å². The van der Waals surface area contributed by atoms with Gasteiger partial charge < -0.3 is 9.64 Å². The van der Waals surface area contributed by atoms with Crippen molar-refractivity contribution in [2.75, 3.05) is 19.7 Å². The van der Waals surface area contributed by atoms with Gasteiger partial charge in [0.2, 0.25) is 0 Å². The number of hydrogen-bond acceptors (Lipinski definition) is 3. The van der Waals surface area contributed by atoms with Crippen LogP contribution in [0.5, 0.6) is 5.75 Å². The average molecular weight is 239 g/mol. The van der Waals surface area contributed by atoms with E-state index in [4.69, 9.17) is 4.74 Å². The highest BCUT2D eigenvalue weighted by Gasteiger charge is 2.11. The van der Waals surface area contributed by atoms with E-state index in [0.717, 1.165) is 0 Å². The van der Waals surface area contributed by atoms with E-state index in [-0.39, 0.29) is 12.5 Å². The number of hydrogen-bond donors (Lipinski definition) is 0. The first-order valence-corrected chi connectivity index (χ1v) is 6.03. The second-order valence-corrected chi connectivity index (χ2v) is 4.10. The molecule has 0 bridgehead atoms. The second-order valence-electron chi connectivity index (χ2n) is 4.10. The molecule has 0 aliphatic heterocycles. The predicted octanol–water partition coefficient (Wildman–Crippen LogP) is 1.71. The Morgan fingerprint density at radius 1 is 1.47 bits per heavy atom. The number of likely N-dealkylation sites (N-methyl/N-ethyl adjacent to an activating group) is 1. The van der Waals surface area contributed by atoms with Gasteiger partial charge in [0.1, 0.15) is 0 Å². The largest absolute Gasteiger partial charge is 0.480 e. The third-order valence-electron chi connectivity index (χ3n) is 2.59. The minimum absolute atomic E-state index is 0.00676. The molecule has 5 heteroatoms. The van der Waals surface area contributed by atoms with Crippen LogP contribution < -0.4 is 4.74 Å². The van der Waals surface area contributed by atoms with E-state index in [2.05, 4.69) is 5.10 Å². The highest BCUT2D eigenvalue weighted by Crippen LogP contribution is 2.12. The molecule has 1 rings (SSSR count). The molecular formula is C12H21N3O2. The molecule has 1 aromatic rings. The van der Waals surface area contributed by atoms with Crippen LogP contribution in [0.1, 0.15) is 33.7 Å². The fraction of sp³-hybridized carbons (Fsp3) is 0.667. The topological polar surface area (TPSA) is 47.4 Å². The van der Waals surface area contributed by atoms with Crippen LogP contribution in [0.2, 0.25) is 0 Å². The molecule has 0 aromatic carbocycles. The molecule has 0 unspecified atom stereocenters. The minimum Gasteiger partial charge on any atom is -0.480 e. The molecule has 5 nitrogen and oxygen atoms in total. The summed E-state index contributed by atoms with van der Waals surface area (Å²) in [5.74, 6) is 0.645. The summed E-state index contributed by atoms with van der Waals surface area (Å²) in [5, 5.41) is 4.15. The lowest BCUT2D eigenvalue weighted by Crippen LogP contribution is -2.34. The summed E-state index contributed by atoms with van der Waals surface area (Å²) in [6, 6.07) is 0.297. The number of amides is 1. The standard InChI is InChI=1S/C12H21N3O2/c1-5-14(6-2)12(16)9-17-11-7-13-15(8-11)10(3)4/h7-8,10H,5-6,9H2,1-4H3. The summed E-state index contributed by atoms with van der Waals surface area (Å²) in [4.78, 5) is 13.4. The number of aromatic nitrogens is 2. The molecule has 0 saturated carbocycles. The highest BCUT2D eigenvalue weighted by molar-refractivity contribution is 5.77. The Morgan fingerprint density at radius 3 is 2.59 bits per heavy atom. The van der Waals surface area contributed by atoms with Crippen molar-refractivity contribution < 1.29 is 9.53 Å². The van der Waals surface area contributed by atoms with E-state index in [1.54, 1.807) is 22.0 Å². The first-order chi connectivity index (χ1) is 8.08. The monoisotopic (exact) mass is 239 g/mol. The van der Waals surface area contributed by atoms with Crippen molar-refractivity contribution >= 4 is 5.91 Å². The Hall–Kier alpha value is -1.52. The maximum absolute atomic E-state index is 11.7. The molecule has 1 aromatic heterocycles. The van der Waals surface area contributed by atoms with Gasteiger partial charge in [-0.2, -0.15) is 5.10 Å². The van der Waals surface area contributed by atoms with E-state index >= 15 is 0 Å². The maximum atomic E-state index is 11.7. The summed E-state index contributed by atoms with van der Waals surface area (Å²) < 4.78 is 7.21. The van der Waals surface area contributed by atoms with Crippen molar-refractivity contribution in [2.45, 2.75) is 33.7 Å². The zero-order valence-electron chi connectivity index (χ0n) is 11.0. The lowest BCUT2D eigenvalue weighted by Gasteiger charge is -2.18. The van der Waals surface area contributed by atoms with E-state index in [1.807, 2.05) is 27.7 Å². The normalized spacial score (nSPS) is 10.6. The highest BCUT2D eigenvalue weighted by atomic mass is 16.5. The molecule has 0 saturated heterocycles. The first-order valence-electron chi connectivity index (χ1n) is 6.03. The molecule has 1 amide bonds. The van der Waals surface area contributed by atoms with Crippen LogP contribution in [0.25, 0.3) is 0 Å². The summed E-state index contributed by atoms with van der Waals surface area (Å²) in [6.45, 7) is 9.49.